The molecule has 2 N–H and O–H groups in total. The number of nitrogens with one attached hydrogen (secondary N) is 2. The van der Waals surface area contributed by atoms with E-state index < -0.39 is 0 Å². The first-order valence-corrected chi connectivity index (χ1v) is 8.40. The van der Waals surface area contributed by atoms with Crippen molar-refractivity contribution in [3.8, 4) is 11.5 Å². The molecule has 2 aromatic carbocycles. The zero-order chi connectivity index (χ0) is 17.5. The lowest BCUT2D eigenvalue weighted by molar-refractivity contribution is -0.885. The molecule has 0 aromatic heterocycles. The minimum Gasteiger partial charge on any atom is -0.493 e. The summed E-state index contributed by atoms with van der Waals surface area (Å²) in [5.41, 5.74) is 1.78. The van der Waals surface area contributed by atoms with E-state index in [1.807, 2.05) is 49.5 Å². The number of methoxy groups -OCH3 is 2. The van der Waals surface area contributed by atoms with Crippen LogP contribution in [0.25, 0.3) is 0 Å². The van der Waals surface area contributed by atoms with Crippen molar-refractivity contribution in [2.24, 2.45) is 0 Å². The van der Waals surface area contributed by atoms with Crippen LogP contribution in [-0.4, -0.2) is 33.7 Å². The van der Waals surface area contributed by atoms with Crippen LogP contribution in [0.5, 0.6) is 11.5 Å². The molecule has 0 saturated carbocycles. The Hall–Kier alpha value is -2.05. The van der Waals surface area contributed by atoms with Crippen molar-refractivity contribution in [2.45, 2.75) is 6.54 Å². The van der Waals surface area contributed by atoms with Crippen LogP contribution in [0.1, 0.15) is 5.56 Å². The number of likely N-dealkylation sites (N-methyl/N-ethyl adjacent to an activating group) is 1. The first-order chi connectivity index (χ1) is 11.5. The second-order valence-corrected chi connectivity index (χ2v) is 6.35. The van der Waals surface area contributed by atoms with Gasteiger partial charge in [0.1, 0.15) is 6.54 Å². The van der Waals surface area contributed by atoms with Gasteiger partial charge in [-0.3, -0.25) is 4.79 Å². The molecule has 1 atom stereocenters. The van der Waals surface area contributed by atoms with Gasteiger partial charge >= 0.3 is 0 Å². The van der Waals surface area contributed by atoms with E-state index in [1.165, 1.54) is 0 Å². The van der Waals surface area contributed by atoms with Crippen molar-refractivity contribution in [1.29, 1.82) is 0 Å². The van der Waals surface area contributed by atoms with Gasteiger partial charge in [0.2, 0.25) is 0 Å². The molecule has 0 spiro atoms. The molecule has 0 saturated heterocycles. The number of rotatable bonds is 7. The second kappa shape index (κ2) is 8.70. The minimum absolute atomic E-state index is 0.0405. The van der Waals surface area contributed by atoms with Crippen molar-refractivity contribution in [1.82, 2.24) is 0 Å². The van der Waals surface area contributed by atoms with E-state index in [0.29, 0.717) is 24.6 Å². The van der Waals surface area contributed by atoms with Crippen molar-refractivity contribution in [3.05, 3.63) is 52.5 Å². The largest absolute Gasteiger partial charge is 0.493 e. The lowest BCUT2D eigenvalue weighted by atomic mass is 10.1. The Balaban J connectivity index is 1.99. The number of amides is 1. The van der Waals surface area contributed by atoms with Crippen LogP contribution in [0.3, 0.4) is 0 Å². The number of carbonyl (C=O) groups excluding carboxylic acids is 1. The number of hydrogen-bond acceptors (Lipinski definition) is 3. The van der Waals surface area contributed by atoms with Crippen molar-refractivity contribution < 1.29 is 19.2 Å². The zero-order valence-electron chi connectivity index (χ0n) is 14.1. The van der Waals surface area contributed by atoms with Crippen LogP contribution in [0.4, 0.5) is 5.69 Å². The Morgan fingerprint density at radius 1 is 1.12 bits per heavy atom. The highest BCUT2D eigenvalue weighted by Crippen LogP contribution is 2.30. The highest BCUT2D eigenvalue weighted by molar-refractivity contribution is 9.10. The van der Waals surface area contributed by atoms with Crippen LogP contribution in [0, 0.1) is 0 Å². The van der Waals surface area contributed by atoms with Crippen LogP contribution in [-0.2, 0) is 11.3 Å². The molecule has 0 fully saturated rings. The molecule has 1 amide bonds. The Morgan fingerprint density at radius 2 is 1.88 bits per heavy atom. The number of anilines is 1. The minimum atomic E-state index is -0.0405. The maximum Gasteiger partial charge on any atom is 0.279 e. The Morgan fingerprint density at radius 3 is 2.54 bits per heavy atom. The van der Waals surface area contributed by atoms with Crippen molar-refractivity contribution >= 4 is 27.5 Å². The SMILES string of the molecule is COc1cccc(C[NH+](C)CC(=O)Nc2ccccc2Br)c1OC. The molecule has 0 aliphatic heterocycles. The molecule has 24 heavy (non-hydrogen) atoms. The monoisotopic (exact) mass is 393 g/mol. The summed E-state index contributed by atoms with van der Waals surface area (Å²) in [6.07, 6.45) is 0. The lowest BCUT2D eigenvalue weighted by Gasteiger charge is -2.17. The number of ether oxygens (including phenoxy) is 2. The third-order valence-electron chi connectivity index (χ3n) is 3.59. The number of hydrogen-bond donors (Lipinski definition) is 2. The first kappa shape index (κ1) is 18.3. The summed E-state index contributed by atoms with van der Waals surface area (Å²) < 4.78 is 11.6. The predicted octanol–water partition coefficient (Wildman–Crippen LogP) is 2.12. The van der Waals surface area contributed by atoms with Crippen LogP contribution in [0.15, 0.2) is 46.9 Å². The molecule has 0 heterocycles. The summed E-state index contributed by atoms with van der Waals surface area (Å²) in [6.45, 7) is 1.01. The van der Waals surface area contributed by atoms with Crippen LogP contribution in [0.2, 0.25) is 0 Å². The van der Waals surface area contributed by atoms with Gasteiger partial charge in [-0.2, -0.15) is 0 Å². The quantitative estimate of drug-likeness (QED) is 0.757. The van der Waals surface area contributed by atoms with Crippen LogP contribution >= 0.6 is 15.9 Å². The summed E-state index contributed by atoms with van der Waals surface area (Å²) in [5, 5.41) is 2.92. The normalized spacial score (nSPS) is 11.7. The predicted molar refractivity (Wildman–Crippen MR) is 97.8 cm³/mol. The molecule has 0 aliphatic rings. The molecule has 0 bridgehead atoms. The van der Waals surface area contributed by atoms with Gasteiger partial charge in [0.15, 0.2) is 18.0 Å². The summed E-state index contributed by atoms with van der Waals surface area (Å²) in [6, 6.07) is 13.3. The molecule has 1 unspecified atom stereocenters. The summed E-state index contributed by atoms with van der Waals surface area (Å²) in [4.78, 5) is 13.3. The molecular weight excluding hydrogens is 372 g/mol. The summed E-state index contributed by atoms with van der Waals surface area (Å²) in [7, 11) is 5.21. The maximum absolute atomic E-state index is 12.2. The van der Waals surface area contributed by atoms with Gasteiger partial charge < -0.3 is 19.7 Å². The van der Waals surface area contributed by atoms with Gasteiger partial charge in [-0.1, -0.05) is 18.2 Å². The van der Waals surface area contributed by atoms with E-state index in [2.05, 4.69) is 21.2 Å². The van der Waals surface area contributed by atoms with Gasteiger partial charge in [0, 0.05) is 4.47 Å². The molecular formula is C18H22BrN2O3+. The molecule has 6 heteroatoms. The number of carbonyl (C=O) groups is 1. The lowest BCUT2D eigenvalue weighted by Crippen LogP contribution is -3.08. The fourth-order valence-corrected chi connectivity index (χ4v) is 2.90. The number of halogens is 1. The zero-order valence-corrected chi connectivity index (χ0v) is 15.6. The van der Waals surface area contributed by atoms with Gasteiger partial charge in [-0.15, -0.1) is 0 Å². The molecule has 5 nitrogen and oxygen atoms in total. The average Bonchev–Trinajstić information content (AvgIpc) is 2.56. The molecule has 0 aliphatic carbocycles. The standard InChI is InChI=1S/C18H21BrN2O3/c1-21(11-13-7-6-10-16(23-2)18(13)24-3)12-17(22)20-15-9-5-4-8-14(15)19/h4-10H,11-12H2,1-3H3,(H,20,22)/p+1. The van der Waals surface area contributed by atoms with Gasteiger partial charge in [-0.25, -0.2) is 0 Å². The second-order valence-electron chi connectivity index (χ2n) is 5.49. The van der Waals surface area contributed by atoms with E-state index in [1.54, 1.807) is 14.2 Å². The van der Waals surface area contributed by atoms with E-state index in [-0.39, 0.29) is 5.91 Å². The Kier molecular flexibility index (Phi) is 6.63. The van der Waals surface area contributed by atoms with Crippen LogP contribution < -0.4 is 19.7 Å². The van der Waals surface area contributed by atoms with Gasteiger partial charge in [-0.05, 0) is 40.2 Å². The van der Waals surface area contributed by atoms with Gasteiger partial charge in [0.05, 0.1) is 32.5 Å². The third-order valence-corrected chi connectivity index (χ3v) is 4.28. The number of para-hydroxylation sites is 2. The molecule has 2 rings (SSSR count). The fourth-order valence-electron chi connectivity index (χ4n) is 2.51. The highest BCUT2D eigenvalue weighted by atomic mass is 79.9. The highest BCUT2D eigenvalue weighted by Gasteiger charge is 2.16. The average molecular weight is 394 g/mol. The number of quaternary nitrogens is 1. The topological polar surface area (TPSA) is 52.0 Å². The van der Waals surface area contributed by atoms with E-state index in [0.717, 1.165) is 20.6 Å². The fraction of sp³-hybridized carbons (Fsp3) is 0.278. The van der Waals surface area contributed by atoms with E-state index in [4.69, 9.17) is 9.47 Å². The number of benzene rings is 2. The third kappa shape index (κ3) is 4.72. The summed E-state index contributed by atoms with van der Waals surface area (Å²) >= 11 is 3.43. The smallest absolute Gasteiger partial charge is 0.279 e. The van der Waals surface area contributed by atoms with Crippen molar-refractivity contribution in [3.63, 3.8) is 0 Å². The maximum atomic E-state index is 12.2. The van der Waals surface area contributed by atoms with E-state index >= 15 is 0 Å². The molecule has 0 radical (unpaired) electrons. The first-order valence-electron chi connectivity index (χ1n) is 7.60. The van der Waals surface area contributed by atoms with Crippen molar-refractivity contribution in [2.75, 3.05) is 33.1 Å². The molecule has 128 valence electrons. The Labute approximate surface area is 150 Å². The van der Waals surface area contributed by atoms with Gasteiger partial charge in [0.25, 0.3) is 5.91 Å². The molecule has 2 aromatic rings. The summed E-state index contributed by atoms with van der Waals surface area (Å²) in [5.74, 6) is 1.37. The Bertz CT molecular complexity index is 706. The van der Waals surface area contributed by atoms with E-state index in [9.17, 15) is 4.79 Å².